The van der Waals surface area contributed by atoms with Crippen LogP contribution in [0.5, 0.6) is 0 Å². The van der Waals surface area contributed by atoms with Crippen LogP contribution in [-0.4, -0.2) is 32.2 Å². The molecule has 0 bridgehead atoms. The molecule has 0 fully saturated rings. The first-order valence-electron chi connectivity index (χ1n) is 5.82. The van der Waals surface area contributed by atoms with Gasteiger partial charge >= 0.3 is 5.97 Å². The van der Waals surface area contributed by atoms with Gasteiger partial charge in [-0.2, -0.15) is 0 Å². The molecule has 20 heavy (non-hydrogen) atoms. The van der Waals surface area contributed by atoms with Gasteiger partial charge in [0, 0.05) is 5.56 Å². The molecule has 1 aromatic rings. The highest BCUT2D eigenvalue weighted by molar-refractivity contribution is 6.43. The maximum atomic E-state index is 11.7. The van der Waals surface area contributed by atoms with E-state index in [1.54, 1.807) is 30.4 Å². The van der Waals surface area contributed by atoms with E-state index in [2.05, 4.69) is 14.7 Å². The molecule has 1 rings (SSSR count). The molecule has 0 N–H and O–H groups in total. The molecule has 104 valence electrons. The van der Waals surface area contributed by atoms with E-state index in [-0.39, 0.29) is 5.71 Å². The van der Waals surface area contributed by atoms with Crippen LogP contribution in [0.4, 0.5) is 0 Å². The summed E-state index contributed by atoms with van der Waals surface area (Å²) in [7, 11) is 2.63. The van der Waals surface area contributed by atoms with Crippen LogP contribution in [0.1, 0.15) is 11.1 Å². The first kappa shape index (κ1) is 15.4. The van der Waals surface area contributed by atoms with Crippen LogP contribution in [0.2, 0.25) is 0 Å². The molecule has 0 aliphatic rings. The largest absolute Gasteiger partial charge is 0.464 e. The van der Waals surface area contributed by atoms with E-state index >= 15 is 0 Å². The Morgan fingerprint density at radius 3 is 2.55 bits per heavy atom. The summed E-state index contributed by atoms with van der Waals surface area (Å²) in [6.07, 6.45) is 7.08. The number of aldehydes is 1. The van der Waals surface area contributed by atoms with Crippen molar-refractivity contribution in [2.75, 3.05) is 14.2 Å². The Kier molecular flexibility index (Phi) is 6.47. The third-order valence-corrected chi connectivity index (χ3v) is 2.35. The SMILES string of the molecule is CON=C(C(=O)OC)c1ccccc1/C=C/C=C/C=O. The first-order chi connectivity index (χ1) is 9.74. The smallest absolute Gasteiger partial charge is 0.360 e. The highest BCUT2D eigenvalue weighted by Crippen LogP contribution is 2.13. The number of methoxy groups -OCH3 is 1. The number of carbonyl (C=O) groups excluding carboxylic acids is 2. The standard InChI is InChI=1S/C15H15NO4/c1-19-15(18)14(16-20-2)13-10-6-5-9-12(13)8-4-3-7-11-17/h3-11H,1-2H3/b7-3+,8-4+,16-14?. The van der Waals surface area contributed by atoms with Crippen molar-refractivity contribution >= 4 is 24.0 Å². The van der Waals surface area contributed by atoms with Gasteiger partial charge in [-0.1, -0.05) is 47.6 Å². The van der Waals surface area contributed by atoms with Crippen molar-refractivity contribution in [2.45, 2.75) is 0 Å². The normalized spacial score (nSPS) is 11.8. The zero-order chi connectivity index (χ0) is 14.8. The van der Waals surface area contributed by atoms with Crippen LogP contribution in [-0.2, 0) is 19.2 Å². The van der Waals surface area contributed by atoms with Crippen molar-refractivity contribution in [3.63, 3.8) is 0 Å². The summed E-state index contributed by atoms with van der Waals surface area (Å²) in [5.74, 6) is -0.587. The molecule has 0 heterocycles. The van der Waals surface area contributed by atoms with E-state index in [0.29, 0.717) is 11.8 Å². The zero-order valence-corrected chi connectivity index (χ0v) is 11.3. The lowest BCUT2D eigenvalue weighted by molar-refractivity contribution is -0.132. The number of esters is 1. The quantitative estimate of drug-likeness (QED) is 0.198. The van der Waals surface area contributed by atoms with Gasteiger partial charge in [0.05, 0.1) is 7.11 Å². The van der Waals surface area contributed by atoms with Crippen LogP contribution < -0.4 is 0 Å². The summed E-state index contributed by atoms with van der Waals surface area (Å²) in [4.78, 5) is 26.6. The average molecular weight is 273 g/mol. The van der Waals surface area contributed by atoms with E-state index < -0.39 is 5.97 Å². The second-order valence-corrected chi connectivity index (χ2v) is 3.58. The molecule has 5 nitrogen and oxygen atoms in total. The third-order valence-electron chi connectivity index (χ3n) is 2.35. The number of allylic oxidation sites excluding steroid dienone is 3. The monoisotopic (exact) mass is 273 g/mol. The molecule has 1 aromatic carbocycles. The fourth-order valence-electron chi connectivity index (χ4n) is 1.51. The minimum absolute atomic E-state index is 0.0783. The summed E-state index contributed by atoms with van der Waals surface area (Å²) in [5, 5.41) is 3.70. The molecule has 0 aliphatic carbocycles. The first-order valence-corrected chi connectivity index (χ1v) is 5.82. The molecule has 5 heteroatoms. The van der Waals surface area contributed by atoms with Crippen LogP contribution in [0.15, 0.2) is 47.6 Å². The Labute approximate surface area is 117 Å². The van der Waals surface area contributed by atoms with E-state index in [4.69, 9.17) is 0 Å². The van der Waals surface area contributed by atoms with Crippen LogP contribution in [0.25, 0.3) is 6.08 Å². The van der Waals surface area contributed by atoms with Gasteiger partial charge in [0.1, 0.15) is 13.4 Å². The summed E-state index contributed by atoms with van der Waals surface area (Å²) in [6.45, 7) is 0. The van der Waals surface area contributed by atoms with E-state index in [1.807, 2.05) is 12.1 Å². The highest BCUT2D eigenvalue weighted by Gasteiger charge is 2.17. The van der Waals surface area contributed by atoms with Gasteiger partial charge in [-0.3, -0.25) is 4.79 Å². The number of oxime groups is 1. The summed E-state index contributed by atoms with van der Waals surface area (Å²) in [6, 6.07) is 7.16. The molecule has 0 unspecified atom stereocenters. The van der Waals surface area contributed by atoms with Crippen LogP contribution in [0.3, 0.4) is 0 Å². The van der Waals surface area contributed by atoms with Gasteiger partial charge in [0.2, 0.25) is 0 Å². The topological polar surface area (TPSA) is 65.0 Å². The van der Waals surface area contributed by atoms with Crippen molar-refractivity contribution in [1.29, 1.82) is 0 Å². The molecule has 0 saturated carbocycles. The molecule has 0 spiro atoms. The fraction of sp³-hybridized carbons (Fsp3) is 0.133. The Bertz CT molecular complexity index is 559. The Hall–Kier alpha value is -2.69. The lowest BCUT2D eigenvalue weighted by atomic mass is 10.0. The lowest BCUT2D eigenvalue weighted by Gasteiger charge is -2.07. The Morgan fingerprint density at radius 2 is 1.90 bits per heavy atom. The van der Waals surface area contributed by atoms with Gasteiger partial charge in [0.15, 0.2) is 5.71 Å². The molecular weight excluding hydrogens is 258 g/mol. The lowest BCUT2D eigenvalue weighted by Crippen LogP contribution is -2.18. The predicted molar refractivity (Wildman–Crippen MR) is 76.2 cm³/mol. The minimum atomic E-state index is -0.587. The number of hydrogen-bond donors (Lipinski definition) is 0. The number of rotatable bonds is 6. The second kappa shape index (κ2) is 8.42. The zero-order valence-electron chi connectivity index (χ0n) is 11.3. The Balaban J connectivity index is 3.19. The molecule has 0 amide bonds. The van der Waals surface area contributed by atoms with Gasteiger partial charge < -0.3 is 9.57 Å². The van der Waals surface area contributed by atoms with Gasteiger partial charge in [-0.05, 0) is 11.6 Å². The maximum absolute atomic E-state index is 11.7. The van der Waals surface area contributed by atoms with E-state index in [9.17, 15) is 9.59 Å². The molecule has 0 radical (unpaired) electrons. The van der Waals surface area contributed by atoms with Crippen molar-refractivity contribution in [3.8, 4) is 0 Å². The second-order valence-electron chi connectivity index (χ2n) is 3.58. The summed E-state index contributed by atoms with van der Waals surface area (Å²) < 4.78 is 4.68. The van der Waals surface area contributed by atoms with Crippen LogP contribution >= 0.6 is 0 Å². The van der Waals surface area contributed by atoms with Crippen molar-refractivity contribution in [3.05, 3.63) is 53.6 Å². The number of carbonyl (C=O) groups is 2. The minimum Gasteiger partial charge on any atom is -0.464 e. The van der Waals surface area contributed by atoms with Crippen molar-refractivity contribution in [2.24, 2.45) is 5.16 Å². The average Bonchev–Trinajstić information content (AvgIpc) is 2.49. The molecule has 0 aromatic heterocycles. The molecule has 0 atom stereocenters. The fourth-order valence-corrected chi connectivity index (χ4v) is 1.51. The molecule has 0 aliphatic heterocycles. The van der Waals surface area contributed by atoms with Crippen LogP contribution in [0, 0.1) is 0 Å². The third kappa shape index (κ3) is 4.20. The number of benzene rings is 1. The predicted octanol–water partition coefficient (Wildman–Crippen LogP) is 1.98. The molecule has 0 saturated heterocycles. The molecular formula is C15H15NO4. The Morgan fingerprint density at radius 1 is 1.15 bits per heavy atom. The highest BCUT2D eigenvalue weighted by atomic mass is 16.6. The van der Waals surface area contributed by atoms with Gasteiger partial charge in [0.25, 0.3) is 0 Å². The van der Waals surface area contributed by atoms with Crippen molar-refractivity contribution < 1.29 is 19.2 Å². The van der Waals surface area contributed by atoms with E-state index in [0.717, 1.165) is 5.56 Å². The number of hydrogen-bond acceptors (Lipinski definition) is 5. The van der Waals surface area contributed by atoms with Crippen molar-refractivity contribution in [1.82, 2.24) is 0 Å². The van der Waals surface area contributed by atoms with E-state index in [1.165, 1.54) is 20.3 Å². The van der Waals surface area contributed by atoms with Gasteiger partial charge in [-0.15, -0.1) is 0 Å². The summed E-state index contributed by atoms with van der Waals surface area (Å²) >= 11 is 0. The van der Waals surface area contributed by atoms with Gasteiger partial charge in [-0.25, -0.2) is 4.79 Å². The number of ether oxygens (including phenoxy) is 1. The number of nitrogens with zero attached hydrogens (tertiary/aromatic N) is 1. The maximum Gasteiger partial charge on any atom is 0.360 e. The summed E-state index contributed by atoms with van der Waals surface area (Å²) in [5.41, 5.74) is 1.41.